The number of amides is 2. The first-order chi connectivity index (χ1) is 8.86. The van der Waals surface area contributed by atoms with Crippen LogP contribution in [-0.4, -0.2) is 23.9 Å². The molecule has 0 aliphatic carbocycles. The van der Waals surface area contributed by atoms with Gasteiger partial charge >= 0.3 is 0 Å². The number of imide groups is 1. The second-order valence-corrected chi connectivity index (χ2v) is 5.36. The molecule has 0 unspecified atom stereocenters. The van der Waals surface area contributed by atoms with E-state index in [1.165, 1.54) is 0 Å². The SMILES string of the molecule is Cc1ccc(N2CC(=O)NC(=O)C2(C)C)c(CN)c1. The van der Waals surface area contributed by atoms with E-state index in [1.54, 1.807) is 13.8 Å². The molecule has 19 heavy (non-hydrogen) atoms. The van der Waals surface area contributed by atoms with Gasteiger partial charge in [0, 0.05) is 12.2 Å². The van der Waals surface area contributed by atoms with Crippen LogP contribution in [0.4, 0.5) is 5.69 Å². The fraction of sp³-hybridized carbons (Fsp3) is 0.429. The molecule has 2 amide bonds. The Balaban J connectivity index is 2.49. The molecule has 0 atom stereocenters. The van der Waals surface area contributed by atoms with Crippen molar-refractivity contribution in [2.24, 2.45) is 5.73 Å². The van der Waals surface area contributed by atoms with Crippen molar-refractivity contribution in [3.05, 3.63) is 29.3 Å². The van der Waals surface area contributed by atoms with E-state index >= 15 is 0 Å². The highest BCUT2D eigenvalue weighted by atomic mass is 16.2. The fourth-order valence-corrected chi connectivity index (χ4v) is 2.31. The first-order valence-electron chi connectivity index (χ1n) is 6.28. The zero-order valence-electron chi connectivity index (χ0n) is 11.5. The van der Waals surface area contributed by atoms with E-state index in [4.69, 9.17) is 5.73 Å². The first-order valence-corrected chi connectivity index (χ1v) is 6.28. The van der Waals surface area contributed by atoms with Crippen LogP contribution in [0.5, 0.6) is 0 Å². The number of anilines is 1. The number of nitrogens with one attached hydrogen (secondary N) is 1. The normalized spacial score (nSPS) is 18.4. The molecular weight excluding hydrogens is 242 g/mol. The minimum atomic E-state index is -0.771. The minimum Gasteiger partial charge on any atom is -0.348 e. The molecule has 0 saturated carbocycles. The molecule has 0 bridgehead atoms. The molecule has 5 heteroatoms. The first kappa shape index (κ1) is 13.5. The summed E-state index contributed by atoms with van der Waals surface area (Å²) in [4.78, 5) is 25.4. The Hall–Kier alpha value is -1.88. The van der Waals surface area contributed by atoms with Crippen LogP contribution < -0.4 is 16.0 Å². The summed E-state index contributed by atoms with van der Waals surface area (Å²) < 4.78 is 0. The van der Waals surface area contributed by atoms with E-state index in [1.807, 2.05) is 30.0 Å². The van der Waals surface area contributed by atoms with Crippen LogP contribution in [0.15, 0.2) is 18.2 Å². The maximum atomic E-state index is 12.0. The highest BCUT2D eigenvalue weighted by Gasteiger charge is 2.41. The lowest BCUT2D eigenvalue weighted by atomic mass is 9.96. The van der Waals surface area contributed by atoms with Crippen LogP contribution in [0.1, 0.15) is 25.0 Å². The van der Waals surface area contributed by atoms with Gasteiger partial charge in [-0.15, -0.1) is 0 Å². The minimum absolute atomic E-state index is 0.162. The summed E-state index contributed by atoms with van der Waals surface area (Å²) >= 11 is 0. The molecule has 1 saturated heterocycles. The van der Waals surface area contributed by atoms with Gasteiger partial charge in [-0.25, -0.2) is 0 Å². The zero-order valence-corrected chi connectivity index (χ0v) is 11.5. The zero-order chi connectivity index (χ0) is 14.2. The third kappa shape index (κ3) is 2.33. The molecule has 102 valence electrons. The molecule has 5 nitrogen and oxygen atoms in total. The van der Waals surface area contributed by atoms with Gasteiger partial charge in [-0.05, 0) is 32.4 Å². The largest absolute Gasteiger partial charge is 0.348 e. The van der Waals surface area contributed by atoms with Gasteiger partial charge in [-0.3, -0.25) is 14.9 Å². The average molecular weight is 261 g/mol. The molecule has 0 radical (unpaired) electrons. The highest BCUT2D eigenvalue weighted by Crippen LogP contribution is 2.30. The van der Waals surface area contributed by atoms with E-state index in [9.17, 15) is 9.59 Å². The van der Waals surface area contributed by atoms with Gasteiger partial charge < -0.3 is 10.6 Å². The van der Waals surface area contributed by atoms with Crippen molar-refractivity contribution in [3.8, 4) is 0 Å². The number of aryl methyl sites for hydroxylation is 1. The number of hydrogen-bond donors (Lipinski definition) is 2. The Bertz CT molecular complexity index is 537. The van der Waals surface area contributed by atoms with Crippen LogP contribution in [0.2, 0.25) is 0 Å². The Kier molecular flexibility index (Phi) is 3.32. The summed E-state index contributed by atoms with van der Waals surface area (Å²) in [6, 6.07) is 5.87. The quantitative estimate of drug-likeness (QED) is 0.768. The Morgan fingerprint density at radius 3 is 2.68 bits per heavy atom. The van der Waals surface area contributed by atoms with Gasteiger partial charge in [0.05, 0.1) is 6.54 Å². The van der Waals surface area contributed by atoms with Crippen molar-refractivity contribution >= 4 is 17.5 Å². The molecular formula is C14H19N3O2. The molecule has 1 fully saturated rings. The van der Waals surface area contributed by atoms with E-state index < -0.39 is 5.54 Å². The molecule has 1 aromatic rings. The maximum absolute atomic E-state index is 12.0. The summed E-state index contributed by atoms with van der Waals surface area (Å²) in [6.45, 7) is 6.13. The number of carbonyl (C=O) groups excluding carboxylic acids is 2. The second-order valence-electron chi connectivity index (χ2n) is 5.36. The summed E-state index contributed by atoms with van der Waals surface area (Å²) in [5, 5.41) is 2.37. The van der Waals surface area contributed by atoms with Crippen LogP contribution in [0.25, 0.3) is 0 Å². The molecule has 1 aliphatic heterocycles. The van der Waals surface area contributed by atoms with Crippen molar-refractivity contribution in [3.63, 3.8) is 0 Å². The van der Waals surface area contributed by atoms with Crippen LogP contribution in [0.3, 0.4) is 0 Å². The van der Waals surface area contributed by atoms with Crippen molar-refractivity contribution < 1.29 is 9.59 Å². The monoisotopic (exact) mass is 261 g/mol. The van der Waals surface area contributed by atoms with Crippen molar-refractivity contribution in [2.45, 2.75) is 32.9 Å². The molecule has 0 spiro atoms. The van der Waals surface area contributed by atoms with Gasteiger partial charge in [0.1, 0.15) is 5.54 Å². The molecule has 3 N–H and O–H groups in total. The number of benzene rings is 1. The smallest absolute Gasteiger partial charge is 0.251 e. The highest BCUT2D eigenvalue weighted by molar-refractivity contribution is 6.06. The van der Waals surface area contributed by atoms with Crippen LogP contribution >= 0.6 is 0 Å². The Morgan fingerprint density at radius 2 is 2.05 bits per heavy atom. The summed E-state index contributed by atoms with van der Waals surface area (Å²) in [7, 11) is 0. The van der Waals surface area contributed by atoms with Gasteiger partial charge in [0.15, 0.2) is 0 Å². The number of nitrogens with two attached hydrogens (primary N) is 1. The van der Waals surface area contributed by atoms with Crippen LogP contribution in [-0.2, 0) is 16.1 Å². The van der Waals surface area contributed by atoms with Crippen molar-refractivity contribution in [1.29, 1.82) is 0 Å². The lowest BCUT2D eigenvalue weighted by Gasteiger charge is -2.42. The number of nitrogens with zero attached hydrogens (tertiary/aromatic N) is 1. The molecule has 0 aromatic heterocycles. The molecule has 1 heterocycles. The van der Waals surface area contributed by atoms with Gasteiger partial charge in [0.2, 0.25) is 5.91 Å². The third-order valence-electron chi connectivity index (χ3n) is 3.53. The van der Waals surface area contributed by atoms with Crippen molar-refractivity contribution in [2.75, 3.05) is 11.4 Å². The second kappa shape index (κ2) is 4.66. The Labute approximate surface area is 112 Å². The predicted molar refractivity (Wildman–Crippen MR) is 73.6 cm³/mol. The van der Waals surface area contributed by atoms with E-state index in [0.717, 1.165) is 16.8 Å². The molecule has 1 aromatic carbocycles. The lowest BCUT2D eigenvalue weighted by Crippen LogP contribution is -2.64. The summed E-state index contributed by atoms with van der Waals surface area (Å²) in [5.41, 5.74) is 7.90. The van der Waals surface area contributed by atoms with Crippen LogP contribution in [0, 0.1) is 6.92 Å². The standard InChI is InChI=1S/C14H19N3O2/c1-9-4-5-11(10(6-9)7-15)17-8-12(18)16-13(19)14(17,2)3/h4-6H,7-8,15H2,1-3H3,(H,16,18,19). The van der Waals surface area contributed by atoms with Gasteiger partial charge in [0.25, 0.3) is 5.91 Å². The maximum Gasteiger partial charge on any atom is 0.251 e. The van der Waals surface area contributed by atoms with E-state index in [2.05, 4.69) is 5.32 Å². The number of carbonyl (C=O) groups is 2. The number of hydrogen-bond acceptors (Lipinski definition) is 4. The van der Waals surface area contributed by atoms with E-state index in [0.29, 0.717) is 6.54 Å². The fourth-order valence-electron chi connectivity index (χ4n) is 2.31. The van der Waals surface area contributed by atoms with E-state index in [-0.39, 0.29) is 18.4 Å². The van der Waals surface area contributed by atoms with Gasteiger partial charge in [-0.2, -0.15) is 0 Å². The van der Waals surface area contributed by atoms with Crippen molar-refractivity contribution in [1.82, 2.24) is 5.32 Å². The average Bonchev–Trinajstić information content (AvgIpc) is 2.34. The number of piperazine rings is 1. The summed E-state index contributed by atoms with van der Waals surface area (Å²) in [6.07, 6.45) is 0. The Morgan fingerprint density at radius 1 is 1.37 bits per heavy atom. The number of rotatable bonds is 2. The molecule has 1 aliphatic rings. The topological polar surface area (TPSA) is 75.4 Å². The predicted octanol–water partition coefficient (Wildman–Crippen LogP) is 0.695. The lowest BCUT2D eigenvalue weighted by molar-refractivity contribution is -0.135. The molecule has 2 rings (SSSR count). The summed E-state index contributed by atoms with van der Waals surface area (Å²) in [5.74, 6) is -0.569. The third-order valence-corrected chi connectivity index (χ3v) is 3.53. The van der Waals surface area contributed by atoms with Gasteiger partial charge in [-0.1, -0.05) is 17.7 Å².